The third kappa shape index (κ3) is 3.13. The molecule has 4 aromatic rings. The molecule has 27 heavy (non-hydrogen) atoms. The number of carbonyl (C=O) groups excluding carboxylic acids is 1. The molecule has 0 unspecified atom stereocenters. The largest absolute Gasteiger partial charge is 0.342 e. The van der Waals surface area contributed by atoms with Gasteiger partial charge in [0.2, 0.25) is 11.2 Å². The van der Waals surface area contributed by atoms with Gasteiger partial charge in [-0.25, -0.2) is 9.37 Å². The first kappa shape index (κ1) is 16.8. The minimum Gasteiger partial charge on any atom is -0.342 e. The van der Waals surface area contributed by atoms with Crippen molar-refractivity contribution in [1.82, 2.24) is 14.5 Å². The molecule has 2 aromatic heterocycles. The van der Waals surface area contributed by atoms with Crippen LogP contribution in [0.2, 0.25) is 0 Å². The van der Waals surface area contributed by atoms with Gasteiger partial charge in [0.05, 0.1) is 23.8 Å². The van der Waals surface area contributed by atoms with Gasteiger partial charge in [-0.15, -0.1) is 0 Å². The predicted octanol–water partition coefficient (Wildman–Crippen LogP) is 3.21. The number of fused-ring (bicyclic) bond motifs is 1. The number of rotatable bonds is 4. The Hall–Kier alpha value is -3.67. The van der Waals surface area contributed by atoms with E-state index in [2.05, 4.69) is 9.97 Å². The normalized spacial score (nSPS) is 10.9. The molecule has 0 radical (unpaired) electrons. The van der Waals surface area contributed by atoms with Crippen molar-refractivity contribution in [3.63, 3.8) is 0 Å². The van der Waals surface area contributed by atoms with Crippen molar-refractivity contribution in [3.8, 4) is 0 Å². The van der Waals surface area contributed by atoms with Crippen molar-refractivity contribution in [1.29, 1.82) is 0 Å². The van der Waals surface area contributed by atoms with Crippen LogP contribution >= 0.6 is 0 Å². The second kappa shape index (κ2) is 6.92. The van der Waals surface area contributed by atoms with Gasteiger partial charge < -0.3 is 4.57 Å². The maximum atomic E-state index is 14.1. The van der Waals surface area contributed by atoms with E-state index in [0.29, 0.717) is 16.5 Å². The fraction of sp³-hybridized carbons (Fsp3) is 0.0476. The van der Waals surface area contributed by atoms with Crippen LogP contribution in [-0.4, -0.2) is 20.3 Å². The van der Waals surface area contributed by atoms with Crippen LogP contribution in [0.25, 0.3) is 10.9 Å². The monoisotopic (exact) mass is 359 g/mol. The number of hydrogen-bond acceptors (Lipinski definition) is 4. The average Bonchev–Trinajstić information content (AvgIpc) is 2.72. The SMILES string of the molecule is O=C(c1cnccn1)c1cn(Cc2ccccc2F)c2ccccc2c1=O. The summed E-state index contributed by atoms with van der Waals surface area (Å²) in [4.78, 5) is 33.5. The Bertz CT molecular complexity index is 1200. The van der Waals surface area contributed by atoms with Gasteiger partial charge in [-0.3, -0.25) is 14.6 Å². The molecule has 0 amide bonds. The zero-order chi connectivity index (χ0) is 18.8. The molecular formula is C21H14FN3O2. The van der Waals surface area contributed by atoms with Crippen molar-refractivity contribution in [2.75, 3.05) is 0 Å². The van der Waals surface area contributed by atoms with Crippen molar-refractivity contribution >= 4 is 16.7 Å². The smallest absolute Gasteiger partial charge is 0.218 e. The van der Waals surface area contributed by atoms with Gasteiger partial charge in [-0.2, -0.15) is 0 Å². The minimum atomic E-state index is -0.513. The molecule has 0 spiro atoms. The molecule has 0 saturated carbocycles. The molecule has 0 saturated heterocycles. The molecule has 0 aliphatic heterocycles. The van der Waals surface area contributed by atoms with E-state index < -0.39 is 5.78 Å². The summed E-state index contributed by atoms with van der Waals surface area (Å²) in [7, 11) is 0. The lowest BCUT2D eigenvalue weighted by Gasteiger charge is -2.13. The lowest BCUT2D eigenvalue weighted by atomic mass is 10.1. The van der Waals surface area contributed by atoms with E-state index in [0.717, 1.165) is 0 Å². The molecule has 0 aliphatic carbocycles. The lowest BCUT2D eigenvalue weighted by Crippen LogP contribution is -2.21. The number of ketones is 1. The molecule has 132 valence electrons. The zero-order valence-electron chi connectivity index (χ0n) is 14.2. The molecule has 0 aliphatic rings. The van der Waals surface area contributed by atoms with E-state index in [1.54, 1.807) is 47.0 Å². The van der Waals surface area contributed by atoms with Crippen LogP contribution < -0.4 is 5.43 Å². The van der Waals surface area contributed by atoms with Crippen LogP contribution in [0.1, 0.15) is 21.6 Å². The van der Waals surface area contributed by atoms with Crippen LogP contribution in [0.15, 0.2) is 78.1 Å². The fourth-order valence-corrected chi connectivity index (χ4v) is 3.00. The summed E-state index contributed by atoms with van der Waals surface area (Å²) < 4.78 is 15.8. The van der Waals surface area contributed by atoms with Gasteiger partial charge in [-0.1, -0.05) is 30.3 Å². The standard InChI is InChI=1S/C21H14FN3O2/c22-17-7-3-1-5-14(17)12-25-13-16(21(27)18-11-23-9-10-24-18)20(26)15-6-2-4-8-19(15)25/h1-11,13H,12H2. The third-order valence-electron chi connectivity index (χ3n) is 4.33. The summed E-state index contributed by atoms with van der Waals surface area (Å²) in [6, 6.07) is 13.4. The van der Waals surface area contributed by atoms with E-state index in [-0.39, 0.29) is 29.0 Å². The number of pyridine rings is 1. The minimum absolute atomic E-state index is 0.0226. The maximum Gasteiger partial charge on any atom is 0.218 e. The summed E-state index contributed by atoms with van der Waals surface area (Å²) in [5, 5.41) is 0.392. The Kier molecular flexibility index (Phi) is 4.30. The number of halogens is 1. The quantitative estimate of drug-likeness (QED) is 0.525. The zero-order valence-corrected chi connectivity index (χ0v) is 14.2. The lowest BCUT2D eigenvalue weighted by molar-refractivity contribution is 0.103. The first-order valence-electron chi connectivity index (χ1n) is 8.31. The van der Waals surface area contributed by atoms with Gasteiger partial charge in [0.25, 0.3) is 0 Å². The predicted molar refractivity (Wildman–Crippen MR) is 99.2 cm³/mol. The molecule has 4 rings (SSSR count). The van der Waals surface area contributed by atoms with Crippen molar-refractivity contribution in [2.45, 2.75) is 6.54 Å². The second-order valence-corrected chi connectivity index (χ2v) is 6.03. The molecule has 0 atom stereocenters. The molecule has 0 bridgehead atoms. The first-order chi connectivity index (χ1) is 13.1. The van der Waals surface area contributed by atoms with E-state index in [1.165, 1.54) is 30.9 Å². The molecule has 6 heteroatoms. The highest BCUT2D eigenvalue weighted by Crippen LogP contribution is 2.17. The van der Waals surface area contributed by atoms with Crippen LogP contribution in [0.5, 0.6) is 0 Å². The van der Waals surface area contributed by atoms with E-state index >= 15 is 0 Å². The molecule has 2 heterocycles. The summed E-state index contributed by atoms with van der Waals surface area (Å²) in [6.07, 6.45) is 5.63. The molecule has 2 aromatic carbocycles. The Morgan fingerprint density at radius 3 is 2.59 bits per heavy atom. The maximum absolute atomic E-state index is 14.1. The highest BCUT2D eigenvalue weighted by molar-refractivity contribution is 6.08. The molecule has 5 nitrogen and oxygen atoms in total. The highest BCUT2D eigenvalue weighted by Gasteiger charge is 2.18. The van der Waals surface area contributed by atoms with Crippen LogP contribution in [0, 0.1) is 5.82 Å². The van der Waals surface area contributed by atoms with Gasteiger partial charge in [0, 0.05) is 29.5 Å². The van der Waals surface area contributed by atoms with E-state index in [4.69, 9.17) is 0 Å². The van der Waals surface area contributed by atoms with E-state index in [1.807, 2.05) is 0 Å². The number of hydrogen-bond donors (Lipinski definition) is 0. The fourth-order valence-electron chi connectivity index (χ4n) is 3.00. The van der Waals surface area contributed by atoms with Crippen LogP contribution in [0.4, 0.5) is 4.39 Å². The Morgan fingerprint density at radius 2 is 1.81 bits per heavy atom. The van der Waals surface area contributed by atoms with Gasteiger partial charge in [-0.05, 0) is 18.2 Å². The number of carbonyl (C=O) groups is 1. The first-order valence-corrected chi connectivity index (χ1v) is 8.31. The molecule has 0 fully saturated rings. The topological polar surface area (TPSA) is 64.8 Å². The third-order valence-corrected chi connectivity index (χ3v) is 4.33. The summed E-state index contributed by atoms with van der Waals surface area (Å²) in [6.45, 7) is 0.189. The van der Waals surface area contributed by atoms with E-state index in [9.17, 15) is 14.0 Å². The Labute approximate surface area is 153 Å². The van der Waals surface area contributed by atoms with Crippen molar-refractivity contribution in [2.24, 2.45) is 0 Å². The summed E-state index contributed by atoms with van der Waals surface area (Å²) in [5.41, 5.74) is 0.768. The second-order valence-electron chi connectivity index (χ2n) is 6.03. The Morgan fingerprint density at radius 1 is 1.04 bits per heavy atom. The summed E-state index contributed by atoms with van der Waals surface area (Å²) >= 11 is 0. The number of aromatic nitrogens is 3. The summed E-state index contributed by atoms with van der Waals surface area (Å²) in [5.74, 6) is -0.858. The van der Waals surface area contributed by atoms with Crippen LogP contribution in [-0.2, 0) is 6.54 Å². The number of para-hydroxylation sites is 1. The molecular weight excluding hydrogens is 345 g/mol. The highest BCUT2D eigenvalue weighted by atomic mass is 19.1. The van der Waals surface area contributed by atoms with Gasteiger partial charge in [0.1, 0.15) is 11.5 Å². The van der Waals surface area contributed by atoms with Crippen molar-refractivity contribution in [3.05, 3.63) is 106 Å². The number of benzene rings is 2. The Balaban J connectivity index is 1.91. The molecule has 0 N–H and O–H groups in total. The van der Waals surface area contributed by atoms with Crippen LogP contribution in [0.3, 0.4) is 0 Å². The van der Waals surface area contributed by atoms with Crippen molar-refractivity contribution < 1.29 is 9.18 Å². The van der Waals surface area contributed by atoms with Gasteiger partial charge >= 0.3 is 0 Å². The van der Waals surface area contributed by atoms with Gasteiger partial charge in [0.15, 0.2) is 0 Å². The average molecular weight is 359 g/mol. The number of nitrogens with zero attached hydrogens (tertiary/aromatic N) is 3.